The molecule has 2 N–H and O–H groups in total. The summed E-state index contributed by atoms with van der Waals surface area (Å²) in [6, 6.07) is 8.20. The number of aromatic nitrogens is 1. The van der Waals surface area contributed by atoms with Crippen molar-refractivity contribution in [3.05, 3.63) is 51.8 Å². The van der Waals surface area contributed by atoms with E-state index in [4.69, 9.17) is 5.26 Å². The van der Waals surface area contributed by atoms with E-state index in [0.717, 1.165) is 6.07 Å². The average molecular weight is 287 g/mol. The molecular formula is C13H10FN5O2. The molecule has 21 heavy (non-hydrogen) atoms. The Morgan fingerprint density at radius 1 is 1.38 bits per heavy atom. The van der Waals surface area contributed by atoms with E-state index in [0.29, 0.717) is 11.5 Å². The number of benzene rings is 1. The van der Waals surface area contributed by atoms with E-state index in [1.54, 1.807) is 13.1 Å². The van der Waals surface area contributed by atoms with Gasteiger partial charge in [-0.2, -0.15) is 5.26 Å². The first kappa shape index (κ1) is 14.2. The summed E-state index contributed by atoms with van der Waals surface area (Å²) in [6.07, 6.45) is 0. The second-order valence-corrected chi connectivity index (χ2v) is 4.00. The van der Waals surface area contributed by atoms with Crippen LogP contribution in [0.5, 0.6) is 0 Å². The van der Waals surface area contributed by atoms with Crippen molar-refractivity contribution in [1.29, 1.82) is 5.26 Å². The van der Waals surface area contributed by atoms with Crippen LogP contribution >= 0.6 is 0 Å². The number of nitrogens with one attached hydrogen (secondary N) is 2. The van der Waals surface area contributed by atoms with Crippen molar-refractivity contribution < 1.29 is 9.31 Å². The predicted octanol–water partition coefficient (Wildman–Crippen LogP) is 2.79. The summed E-state index contributed by atoms with van der Waals surface area (Å²) >= 11 is 0. The largest absolute Gasteiger partial charge is 0.373 e. The van der Waals surface area contributed by atoms with E-state index in [1.807, 2.05) is 0 Å². The molecule has 106 valence electrons. The number of rotatable bonds is 4. The zero-order valence-corrected chi connectivity index (χ0v) is 10.9. The van der Waals surface area contributed by atoms with Crippen LogP contribution in [0.3, 0.4) is 0 Å². The molecule has 0 saturated heterocycles. The quantitative estimate of drug-likeness (QED) is 0.662. The van der Waals surface area contributed by atoms with Crippen LogP contribution in [0, 0.1) is 27.3 Å². The molecule has 0 radical (unpaired) electrons. The Hall–Kier alpha value is -3.21. The molecule has 2 rings (SSSR count). The molecule has 0 saturated carbocycles. The van der Waals surface area contributed by atoms with Crippen molar-refractivity contribution >= 4 is 23.0 Å². The second-order valence-electron chi connectivity index (χ2n) is 4.00. The van der Waals surface area contributed by atoms with Crippen LogP contribution in [-0.2, 0) is 0 Å². The van der Waals surface area contributed by atoms with Gasteiger partial charge in [-0.25, -0.2) is 9.37 Å². The zero-order chi connectivity index (χ0) is 15.4. The van der Waals surface area contributed by atoms with E-state index in [9.17, 15) is 14.5 Å². The van der Waals surface area contributed by atoms with E-state index in [2.05, 4.69) is 15.6 Å². The van der Waals surface area contributed by atoms with E-state index >= 15 is 0 Å². The number of nitro groups is 1. The van der Waals surface area contributed by atoms with Gasteiger partial charge in [0.1, 0.15) is 17.7 Å². The van der Waals surface area contributed by atoms with Crippen LogP contribution in [0.4, 0.5) is 27.4 Å². The molecule has 0 unspecified atom stereocenters. The molecule has 2 aromatic rings. The third-order valence-electron chi connectivity index (χ3n) is 2.68. The van der Waals surface area contributed by atoms with Gasteiger partial charge in [0.2, 0.25) is 5.82 Å². The van der Waals surface area contributed by atoms with E-state index in [-0.39, 0.29) is 17.1 Å². The summed E-state index contributed by atoms with van der Waals surface area (Å²) in [5.74, 6) is -0.220. The minimum absolute atomic E-state index is 0.00217. The number of nitrogens with zero attached hydrogens (tertiary/aromatic N) is 3. The van der Waals surface area contributed by atoms with Crippen molar-refractivity contribution in [2.45, 2.75) is 0 Å². The van der Waals surface area contributed by atoms with Crippen LogP contribution < -0.4 is 10.6 Å². The van der Waals surface area contributed by atoms with Gasteiger partial charge in [0.15, 0.2) is 0 Å². The fourth-order valence-electron chi connectivity index (χ4n) is 1.66. The first-order valence-electron chi connectivity index (χ1n) is 5.85. The molecule has 7 nitrogen and oxygen atoms in total. The summed E-state index contributed by atoms with van der Waals surface area (Å²) in [7, 11) is 1.63. The highest BCUT2D eigenvalue weighted by molar-refractivity contribution is 5.68. The number of halogens is 1. The summed E-state index contributed by atoms with van der Waals surface area (Å²) in [5.41, 5.74) is -0.0546. The molecule has 0 fully saturated rings. The van der Waals surface area contributed by atoms with Crippen LogP contribution in [0.15, 0.2) is 30.3 Å². The summed E-state index contributed by atoms with van der Waals surface area (Å²) in [6.45, 7) is 0. The predicted molar refractivity (Wildman–Crippen MR) is 74.8 cm³/mol. The molecular weight excluding hydrogens is 277 g/mol. The monoisotopic (exact) mass is 287 g/mol. The molecule has 0 aliphatic rings. The summed E-state index contributed by atoms with van der Waals surface area (Å²) < 4.78 is 13.3. The molecule has 0 aliphatic carbocycles. The van der Waals surface area contributed by atoms with Gasteiger partial charge in [-0.1, -0.05) is 0 Å². The van der Waals surface area contributed by atoms with Crippen molar-refractivity contribution in [3.63, 3.8) is 0 Å². The van der Waals surface area contributed by atoms with Crippen molar-refractivity contribution in [2.24, 2.45) is 0 Å². The van der Waals surface area contributed by atoms with Gasteiger partial charge < -0.3 is 10.6 Å². The van der Waals surface area contributed by atoms with Gasteiger partial charge in [0.05, 0.1) is 10.5 Å². The molecule has 0 bridgehead atoms. The standard InChI is InChI=1S/C13H10FN5O2/c1-16-12-5-4-11(19(20)21)13(18-12)17-9-2-3-10(14)8(6-9)7-15/h2-6H,1H3,(H2,16,17,18). The third-order valence-corrected chi connectivity index (χ3v) is 2.68. The first-order chi connectivity index (χ1) is 10.0. The lowest BCUT2D eigenvalue weighted by Crippen LogP contribution is -2.02. The Morgan fingerprint density at radius 3 is 2.76 bits per heavy atom. The molecule has 1 aromatic carbocycles. The highest BCUT2D eigenvalue weighted by Crippen LogP contribution is 2.27. The number of hydrogen-bond acceptors (Lipinski definition) is 6. The highest BCUT2D eigenvalue weighted by Gasteiger charge is 2.16. The van der Waals surface area contributed by atoms with Crippen LogP contribution in [-0.4, -0.2) is 17.0 Å². The molecule has 0 atom stereocenters. The van der Waals surface area contributed by atoms with Crippen molar-refractivity contribution in [2.75, 3.05) is 17.7 Å². The molecule has 0 spiro atoms. The van der Waals surface area contributed by atoms with Gasteiger partial charge in [0, 0.05) is 18.8 Å². The maximum atomic E-state index is 13.3. The van der Waals surface area contributed by atoms with Crippen LogP contribution in [0.2, 0.25) is 0 Å². The highest BCUT2D eigenvalue weighted by atomic mass is 19.1. The van der Waals surface area contributed by atoms with Crippen LogP contribution in [0.25, 0.3) is 0 Å². The maximum absolute atomic E-state index is 13.3. The van der Waals surface area contributed by atoms with Gasteiger partial charge in [-0.15, -0.1) is 0 Å². The number of nitriles is 1. The van der Waals surface area contributed by atoms with Gasteiger partial charge >= 0.3 is 5.69 Å². The SMILES string of the molecule is CNc1ccc([N+](=O)[O-])c(Nc2ccc(F)c(C#N)c2)n1. The topological polar surface area (TPSA) is 104 Å². The molecule has 8 heteroatoms. The van der Waals surface area contributed by atoms with E-state index < -0.39 is 10.7 Å². The van der Waals surface area contributed by atoms with Crippen LogP contribution in [0.1, 0.15) is 5.56 Å². The summed E-state index contributed by atoms with van der Waals surface area (Å²) in [4.78, 5) is 14.4. The molecule has 1 heterocycles. The third kappa shape index (κ3) is 3.03. The normalized spacial score (nSPS) is 9.76. The zero-order valence-electron chi connectivity index (χ0n) is 10.9. The lowest BCUT2D eigenvalue weighted by Gasteiger charge is -2.08. The van der Waals surface area contributed by atoms with Crippen molar-refractivity contribution in [1.82, 2.24) is 4.98 Å². The van der Waals surface area contributed by atoms with Gasteiger partial charge in [-0.3, -0.25) is 10.1 Å². The van der Waals surface area contributed by atoms with E-state index in [1.165, 1.54) is 24.3 Å². The number of pyridine rings is 1. The fourth-order valence-corrected chi connectivity index (χ4v) is 1.66. The molecule has 1 aromatic heterocycles. The lowest BCUT2D eigenvalue weighted by molar-refractivity contribution is -0.384. The Balaban J connectivity index is 2.43. The van der Waals surface area contributed by atoms with Crippen molar-refractivity contribution in [3.8, 4) is 6.07 Å². The lowest BCUT2D eigenvalue weighted by atomic mass is 10.2. The molecule has 0 amide bonds. The average Bonchev–Trinajstić information content (AvgIpc) is 2.48. The fraction of sp³-hybridized carbons (Fsp3) is 0.0769. The molecule has 0 aliphatic heterocycles. The maximum Gasteiger partial charge on any atom is 0.311 e. The van der Waals surface area contributed by atoms with Gasteiger partial charge in [0.25, 0.3) is 0 Å². The summed E-state index contributed by atoms with van der Waals surface area (Å²) in [5, 5.41) is 25.2. The number of hydrogen-bond donors (Lipinski definition) is 2. The Kier molecular flexibility index (Phi) is 3.95. The van der Waals surface area contributed by atoms with Gasteiger partial charge in [-0.05, 0) is 24.3 Å². The smallest absolute Gasteiger partial charge is 0.311 e. The first-order valence-corrected chi connectivity index (χ1v) is 5.85. The Labute approximate surface area is 119 Å². The number of anilines is 3. The Morgan fingerprint density at radius 2 is 2.14 bits per heavy atom. The second kappa shape index (κ2) is 5.83. The Bertz CT molecular complexity index is 742. The minimum atomic E-state index is -0.658. The minimum Gasteiger partial charge on any atom is -0.373 e.